The first-order valence-electron chi connectivity index (χ1n) is 8.21. The van der Waals surface area contributed by atoms with Gasteiger partial charge in [-0.15, -0.1) is 0 Å². The zero-order chi connectivity index (χ0) is 16.5. The number of ether oxygens (including phenoxy) is 1. The number of fused-ring (bicyclic) bond motifs is 1. The van der Waals surface area contributed by atoms with Crippen LogP contribution in [0.15, 0.2) is 48.5 Å². The molecule has 2 aliphatic heterocycles. The van der Waals surface area contributed by atoms with E-state index in [4.69, 9.17) is 4.74 Å². The summed E-state index contributed by atoms with van der Waals surface area (Å²) in [6, 6.07) is 15.1. The zero-order valence-corrected chi connectivity index (χ0v) is 13.2. The van der Waals surface area contributed by atoms with E-state index < -0.39 is 0 Å². The summed E-state index contributed by atoms with van der Waals surface area (Å²) in [6.45, 7) is 2.00. The normalized spacial score (nSPS) is 23.5. The van der Waals surface area contributed by atoms with Crippen LogP contribution in [0.2, 0.25) is 0 Å². The van der Waals surface area contributed by atoms with Crippen LogP contribution in [0, 0.1) is 5.82 Å². The molecule has 2 heterocycles. The Labute approximate surface area is 140 Å². The van der Waals surface area contributed by atoms with Crippen molar-refractivity contribution in [2.45, 2.75) is 18.5 Å². The van der Waals surface area contributed by atoms with Crippen LogP contribution in [0.3, 0.4) is 0 Å². The van der Waals surface area contributed by atoms with E-state index in [0.29, 0.717) is 13.2 Å². The Kier molecular flexibility index (Phi) is 3.94. The van der Waals surface area contributed by atoms with E-state index in [-0.39, 0.29) is 24.0 Å². The Morgan fingerprint density at radius 1 is 1.17 bits per heavy atom. The topological polar surface area (TPSA) is 41.6 Å². The van der Waals surface area contributed by atoms with Crippen LogP contribution in [-0.4, -0.2) is 36.7 Å². The average molecular weight is 326 g/mol. The Hall–Kier alpha value is -2.40. The predicted octanol–water partition coefficient (Wildman–Crippen LogP) is 2.88. The number of nitrogens with one attached hydrogen (secondary N) is 1. The molecular weight excluding hydrogens is 307 g/mol. The molecule has 0 unspecified atom stereocenters. The van der Waals surface area contributed by atoms with Crippen molar-refractivity contribution in [1.82, 2.24) is 10.2 Å². The van der Waals surface area contributed by atoms with Gasteiger partial charge in [-0.2, -0.15) is 0 Å². The van der Waals surface area contributed by atoms with E-state index in [0.717, 1.165) is 18.5 Å². The molecule has 1 fully saturated rings. The Morgan fingerprint density at radius 3 is 2.71 bits per heavy atom. The molecule has 0 aliphatic carbocycles. The predicted molar refractivity (Wildman–Crippen MR) is 88.2 cm³/mol. The first-order chi connectivity index (χ1) is 11.7. The lowest BCUT2D eigenvalue weighted by molar-refractivity contribution is 0.168. The van der Waals surface area contributed by atoms with E-state index in [1.807, 2.05) is 18.2 Å². The molecule has 1 N–H and O–H groups in total. The van der Waals surface area contributed by atoms with Gasteiger partial charge in [-0.3, -0.25) is 4.90 Å². The molecule has 2 atom stereocenters. The highest BCUT2D eigenvalue weighted by Gasteiger charge is 2.32. The standard InChI is InChI=1S/C19H19FN2O2/c20-15-7-5-14(6-8-15)18-17-4-2-1-3-13(17)9-10-22(18)11-16-12-24-19(23)21-16/h1-8,16,18H,9-12H2,(H,21,23)/t16-,18+/m1/s1. The number of hydrogen-bond donors (Lipinski definition) is 1. The summed E-state index contributed by atoms with van der Waals surface area (Å²) >= 11 is 0. The van der Waals surface area contributed by atoms with Crippen LogP contribution in [0.1, 0.15) is 22.7 Å². The van der Waals surface area contributed by atoms with Crippen molar-refractivity contribution in [3.63, 3.8) is 0 Å². The number of amides is 1. The van der Waals surface area contributed by atoms with Crippen molar-refractivity contribution in [3.05, 3.63) is 71.0 Å². The first-order valence-corrected chi connectivity index (χ1v) is 8.21. The summed E-state index contributed by atoms with van der Waals surface area (Å²) in [5.74, 6) is -0.231. The number of benzene rings is 2. The van der Waals surface area contributed by atoms with Gasteiger partial charge in [0, 0.05) is 13.1 Å². The highest BCUT2D eigenvalue weighted by molar-refractivity contribution is 5.69. The van der Waals surface area contributed by atoms with E-state index in [2.05, 4.69) is 28.4 Å². The Bertz CT molecular complexity index is 747. The largest absolute Gasteiger partial charge is 0.447 e. The maximum atomic E-state index is 13.3. The molecule has 0 spiro atoms. The van der Waals surface area contributed by atoms with Crippen LogP contribution >= 0.6 is 0 Å². The van der Waals surface area contributed by atoms with Crippen LogP contribution in [0.4, 0.5) is 9.18 Å². The molecule has 1 saturated heterocycles. The summed E-state index contributed by atoms with van der Waals surface area (Å²) in [6.07, 6.45) is 0.616. The third-order valence-corrected chi connectivity index (χ3v) is 4.76. The lowest BCUT2D eigenvalue weighted by atomic mass is 9.88. The second-order valence-corrected chi connectivity index (χ2v) is 6.34. The van der Waals surface area contributed by atoms with Gasteiger partial charge >= 0.3 is 6.09 Å². The number of cyclic esters (lactones) is 1. The fraction of sp³-hybridized carbons (Fsp3) is 0.316. The lowest BCUT2D eigenvalue weighted by Gasteiger charge is -2.38. The Balaban J connectivity index is 1.67. The second-order valence-electron chi connectivity index (χ2n) is 6.34. The number of rotatable bonds is 3. The molecule has 5 heteroatoms. The third kappa shape index (κ3) is 2.87. The summed E-state index contributed by atoms with van der Waals surface area (Å²) in [4.78, 5) is 13.6. The molecular formula is C19H19FN2O2. The fourth-order valence-electron chi connectivity index (χ4n) is 3.66. The third-order valence-electron chi connectivity index (χ3n) is 4.76. The molecule has 4 nitrogen and oxygen atoms in total. The maximum Gasteiger partial charge on any atom is 0.407 e. The van der Waals surface area contributed by atoms with Crippen LogP contribution in [0.25, 0.3) is 0 Å². The van der Waals surface area contributed by atoms with Crippen molar-refractivity contribution in [2.75, 3.05) is 19.7 Å². The minimum atomic E-state index is -0.351. The monoisotopic (exact) mass is 326 g/mol. The number of alkyl carbamates (subject to hydrolysis) is 1. The van der Waals surface area contributed by atoms with Crippen molar-refractivity contribution < 1.29 is 13.9 Å². The average Bonchev–Trinajstić information content (AvgIpc) is 3.01. The number of carbonyl (C=O) groups excluding carboxylic acids is 1. The molecule has 0 saturated carbocycles. The number of carbonyl (C=O) groups is 1. The van der Waals surface area contributed by atoms with Crippen molar-refractivity contribution in [3.8, 4) is 0 Å². The molecule has 2 aromatic carbocycles. The van der Waals surface area contributed by atoms with Crippen molar-refractivity contribution in [1.29, 1.82) is 0 Å². The second kappa shape index (κ2) is 6.24. The molecule has 4 rings (SSSR count). The molecule has 0 bridgehead atoms. The van der Waals surface area contributed by atoms with Gasteiger partial charge in [-0.1, -0.05) is 36.4 Å². The fourth-order valence-corrected chi connectivity index (χ4v) is 3.66. The highest BCUT2D eigenvalue weighted by Crippen LogP contribution is 2.35. The SMILES string of the molecule is O=C1N[C@H](CN2CCc3ccccc3[C@@H]2c2ccc(F)cc2)CO1. The summed E-state index contributed by atoms with van der Waals surface area (Å²) < 4.78 is 18.3. The van der Waals surface area contributed by atoms with Gasteiger partial charge in [0.15, 0.2) is 0 Å². The van der Waals surface area contributed by atoms with Crippen LogP contribution in [-0.2, 0) is 11.2 Å². The van der Waals surface area contributed by atoms with E-state index in [1.54, 1.807) is 0 Å². The highest BCUT2D eigenvalue weighted by atomic mass is 19.1. The smallest absolute Gasteiger partial charge is 0.407 e. The lowest BCUT2D eigenvalue weighted by Crippen LogP contribution is -2.44. The molecule has 2 aromatic rings. The van der Waals surface area contributed by atoms with E-state index in [1.165, 1.54) is 23.3 Å². The molecule has 2 aliphatic rings. The number of halogens is 1. The molecule has 0 aromatic heterocycles. The summed E-state index contributed by atoms with van der Waals surface area (Å²) in [5, 5.41) is 2.84. The number of hydrogen-bond acceptors (Lipinski definition) is 3. The summed E-state index contributed by atoms with van der Waals surface area (Å²) in [7, 11) is 0. The van der Waals surface area contributed by atoms with Crippen LogP contribution in [0.5, 0.6) is 0 Å². The minimum Gasteiger partial charge on any atom is -0.447 e. The summed E-state index contributed by atoms with van der Waals surface area (Å²) in [5.41, 5.74) is 3.64. The maximum absolute atomic E-state index is 13.3. The Morgan fingerprint density at radius 2 is 1.96 bits per heavy atom. The van der Waals surface area contributed by atoms with E-state index >= 15 is 0 Å². The molecule has 1 amide bonds. The van der Waals surface area contributed by atoms with Crippen LogP contribution < -0.4 is 5.32 Å². The number of nitrogens with zero attached hydrogens (tertiary/aromatic N) is 1. The molecule has 124 valence electrons. The van der Waals surface area contributed by atoms with E-state index in [9.17, 15) is 9.18 Å². The first kappa shape index (κ1) is 15.1. The van der Waals surface area contributed by atoms with Gasteiger partial charge in [0.25, 0.3) is 0 Å². The molecule has 0 radical (unpaired) electrons. The minimum absolute atomic E-state index is 0.00860. The zero-order valence-electron chi connectivity index (χ0n) is 13.2. The quantitative estimate of drug-likeness (QED) is 0.943. The van der Waals surface area contributed by atoms with Gasteiger partial charge in [-0.25, -0.2) is 9.18 Å². The van der Waals surface area contributed by atoms with Gasteiger partial charge in [0.2, 0.25) is 0 Å². The van der Waals surface area contributed by atoms with Gasteiger partial charge in [0.05, 0.1) is 12.1 Å². The van der Waals surface area contributed by atoms with Gasteiger partial charge in [0.1, 0.15) is 12.4 Å². The molecule has 24 heavy (non-hydrogen) atoms. The van der Waals surface area contributed by atoms with Crippen molar-refractivity contribution >= 4 is 6.09 Å². The van der Waals surface area contributed by atoms with Crippen molar-refractivity contribution in [2.24, 2.45) is 0 Å². The van der Waals surface area contributed by atoms with Gasteiger partial charge in [-0.05, 0) is 35.2 Å². The van der Waals surface area contributed by atoms with Gasteiger partial charge < -0.3 is 10.1 Å².